The van der Waals surface area contributed by atoms with Crippen molar-refractivity contribution in [2.45, 2.75) is 70.1 Å². The maximum Gasteiger partial charge on any atom is 0.241 e. The lowest BCUT2D eigenvalue weighted by Crippen LogP contribution is -2.82. The van der Waals surface area contributed by atoms with Gasteiger partial charge in [0, 0.05) is 24.5 Å². The summed E-state index contributed by atoms with van der Waals surface area (Å²) in [7, 11) is 0. The van der Waals surface area contributed by atoms with Gasteiger partial charge in [0.05, 0.1) is 18.8 Å². The van der Waals surface area contributed by atoms with Crippen LogP contribution < -0.4 is 11.1 Å². The van der Waals surface area contributed by atoms with E-state index in [1.807, 2.05) is 13.8 Å². The molecule has 1 heterocycles. The quantitative estimate of drug-likeness (QED) is 0.747. The first kappa shape index (κ1) is 19.0. The number of nitrogens with two attached hydrogens (primary N) is 1. The van der Waals surface area contributed by atoms with Crippen molar-refractivity contribution < 1.29 is 14.3 Å². The molecule has 6 heteroatoms. The van der Waals surface area contributed by atoms with Crippen LogP contribution in [-0.2, 0) is 14.3 Å². The Labute approximate surface area is 145 Å². The summed E-state index contributed by atoms with van der Waals surface area (Å²) in [5.41, 5.74) is 5.43. The van der Waals surface area contributed by atoms with E-state index in [2.05, 4.69) is 5.32 Å². The van der Waals surface area contributed by atoms with Gasteiger partial charge in [-0.25, -0.2) is 0 Å². The SMILES string of the molecule is CC1(C)C2OCCCC2C1(N)C(=O)NCCOC1CCCC1.Cl. The van der Waals surface area contributed by atoms with Crippen LogP contribution in [0.3, 0.4) is 0 Å². The molecule has 134 valence electrons. The van der Waals surface area contributed by atoms with E-state index in [1.165, 1.54) is 12.8 Å². The number of nitrogens with one attached hydrogen (secondary N) is 1. The highest BCUT2D eigenvalue weighted by Gasteiger charge is 2.70. The number of fused-ring (bicyclic) bond motifs is 1. The minimum atomic E-state index is -0.814. The Morgan fingerprint density at radius 1 is 1.26 bits per heavy atom. The molecule has 3 unspecified atom stereocenters. The van der Waals surface area contributed by atoms with Gasteiger partial charge in [0.25, 0.3) is 0 Å². The smallest absolute Gasteiger partial charge is 0.241 e. The van der Waals surface area contributed by atoms with Gasteiger partial charge in [-0.2, -0.15) is 0 Å². The fourth-order valence-corrected chi connectivity index (χ4v) is 4.63. The fraction of sp³-hybridized carbons (Fsp3) is 0.941. The standard InChI is InChI=1S/C17H30N2O3.ClH/c1-16(2)14-13(8-5-10-22-14)17(16,18)15(20)19-9-11-21-12-6-3-4-7-12;/h12-14H,3-11,18H2,1-2H3,(H,19,20);1H. The van der Waals surface area contributed by atoms with E-state index in [0.717, 1.165) is 32.3 Å². The molecule has 0 spiro atoms. The van der Waals surface area contributed by atoms with Crippen molar-refractivity contribution in [1.82, 2.24) is 5.32 Å². The average molecular weight is 347 g/mol. The summed E-state index contributed by atoms with van der Waals surface area (Å²) >= 11 is 0. The molecule has 23 heavy (non-hydrogen) atoms. The molecule has 2 aliphatic carbocycles. The third-order valence-electron chi connectivity index (χ3n) is 6.10. The molecule has 0 aromatic rings. The van der Waals surface area contributed by atoms with E-state index in [1.54, 1.807) is 0 Å². The molecule has 3 fully saturated rings. The van der Waals surface area contributed by atoms with Gasteiger partial charge in [0.1, 0.15) is 5.54 Å². The van der Waals surface area contributed by atoms with Crippen molar-refractivity contribution >= 4 is 18.3 Å². The molecule has 3 aliphatic rings. The molecular weight excluding hydrogens is 316 g/mol. The minimum absolute atomic E-state index is 0. The number of rotatable bonds is 5. The second-order valence-corrected chi connectivity index (χ2v) is 7.66. The van der Waals surface area contributed by atoms with Crippen LogP contribution in [-0.4, -0.2) is 43.4 Å². The Balaban J connectivity index is 0.00000192. The number of carbonyl (C=O) groups is 1. The van der Waals surface area contributed by atoms with E-state index >= 15 is 0 Å². The lowest BCUT2D eigenvalue weighted by atomic mass is 9.46. The molecule has 5 nitrogen and oxygen atoms in total. The Morgan fingerprint density at radius 2 is 1.96 bits per heavy atom. The molecule has 0 bridgehead atoms. The summed E-state index contributed by atoms with van der Waals surface area (Å²) in [4.78, 5) is 12.7. The molecule has 3 atom stereocenters. The molecule has 0 aromatic heterocycles. The molecule has 1 saturated heterocycles. The Kier molecular flexibility index (Phi) is 5.99. The van der Waals surface area contributed by atoms with Gasteiger partial charge in [-0.3, -0.25) is 4.79 Å². The van der Waals surface area contributed by atoms with Crippen LogP contribution in [0.4, 0.5) is 0 Å². The number of halogens is 1. The monoisotopic (exact) mass is 346 g/mol. The predicted molar refractivity (Wildman–Crippen MR) is 91.6 cm³/mol. The Hall–Kier alpha value is -0.360. The maximum absolute atomic E-state index is 12.7. The van der Waals surface area contributed by atoms with Crippen molar-refractivity contribution in [3.8, 4) is 0 Å². The Bertz CT molecular complexity index is 426. The average Bonchev–Trinajstić information content (AvgIpc) is 3.03. The van der Waals surface area contributed by atoms with Gasteiger partial charge in [-0.1, -0.05) is 26.7 Å². The van der Waals surface area contributed by atoms with Gasteiger partial charge >= 0.3 is 0 Å². The van der Waals surface area contributed by atoms with Crippen LogP contribution in [0.1, 0.15) is 52.4 Å². The van der Waals surface area contributed by atoms with Crippen LogP contribution in [0, 0.1) is 11.3 Å². The predicted octanol–water partition coefficient (Wildman–Crippen LogP) is 2.02. The van der Waals surface area contributed by atoms with E-state index in [0.29, 0.717) is 19.3 Å². The number of carbonyl (C=O) groups excluding carboxylic acids is 1. The lowest BCUT2D eigenvalue weighted by molar-refractivity contribution is -0.225. The highest BCUT2D eigenvalue weighted by Crippen LogP contribution is 2.57. The van der Waals surface area contributed by atoms with Gasteiger partial charge in [0.15, 0.2) is 0 Å². The topological polar surface area (TPSA) is 73.6 Å². The van der Waals surface area contributed by atoms with Gasteiger partial charge in [-0.15, -0.1) is 12.4 Å². The second-order valence-electron chi connectivity index (χ2n) is 7.66. The number of amides is 1. The molecule has 2 saturated carbocycles. The summed E-state index contributed by atoms with van der Waals surface area (Å²) in [6, 6.07) is 0. The number of ether oxygens (including phenoxy) is 2. The largest absolute Gasteiger partial charge is 0.377 e. The van der Waals surface area contributed by atoms with E-state index < -0.39 is 5.54 Å². The zero-order valence-electron chi connectivity index (χ0n) is 14.3. The fourth-order valence-electron chi connectivity index (χ4n) is 4.63. The first-order chi connectivity index (χ1) is 10.5. The molecule has 1 amide bonds. The summed E-state index contributed by atoms with van der Waals surface area (Å²) in [6.07, 6.45) is 7.32. The van der Waals surface area contributed by atoms with Crippen LogP contribution >= 0.6 is 12.4 Å². The second kappa shape index (κ2) is 7.26. The highest BCUT2D eigenvalue weighted by atomic mass is 35.5. The van der Waals surface area contributed by atoms with E-state index in [-0.39, 0.29) is 35.8 Å². The number of hydrogen-bond acceptors (Lipinski definition) is 4. The van der Waals surface area contributed by atoms with Crippen LogP contribution in [0.25, 0.3) is 0 Å². The van der Waals surface area contributed by atoms with Crippen molar-refractivity contribution in [1.29, 1.82) is 0 Å². The van der Waals surface area contributed by atoms with Gasteiger partial charge < -0.3 is 20.5 Å². The van der Waals surface area contributed by atoms with Crippen molar-refractivity contribution in [2.75, 3.05) is 19.8 Å². The van der Waals surface area contributed by atoms with Crippen molar-refractivity contribution in [3.63, 3.8) is 0 Å². The summed E-state index contributed by atoms with van der Waals surface area (Å²) < 4.78 is 11.6. The molecule has 3 N–H and O–H groups in total. The third-order valence-corrected chi connectivity index (χ3v) is 6.10. The molecule has 1 aliphatic heterocycles. The van der Waals surface area contributed by atoms with E-state index in [4.69, 9.17) is 15.2 Å². The normalized spacial score (nSPS) is 35.8. The maximum atomic E-state index is 12.7. The first-order valence-electron chi connectivity index (χ1n) is 8.78. The van der Waals surface area contributed by atoms with Crippen LogP contribution in [0.15, 0.2) is 0 Å². The molecule has 3 rings (SSSR count). The van der Waals surface area contributed by atoms with Gasteiger partial charge in [0.2, 0.25) is 5.91 Å². The minimum Gasteiger partial charge on any atom is -0.377 e. The molecule has 0 aromatic carbocycles. The van der Waals surface area contributed by atoms with Crippen molar-refractivity contribution in [2.24, 2.45) is 17.1 Å². The first-order valence-corrected chi connectivity index (χ1v) is 8.78. The van der Waals surface area contributed by atoms with Crippen LogP contribution in [0.2, 0.25) is 0 Å². The van der Waals surface area contributed by atoms with Crippen LogP contribution in [0.5, 0.6) is 0 Å². The van der Waals surface area contributed by atoms with E-state index in [9.17, 15) is 4.79 Å². The molecule has 0 radical (unpaired) electrons. The lowest BCUT2D eigenvalue weighted by Gasteiger charge is -2.65. The summed E-state index contributed by atoms with van der Waals surface area (Å²) in [6.45, 7) is 6.01. The summed E-state index contributed by atoms with van der Waals surface area (Å²) in [5, 5.41) is 2.99. The zero-order valence-corrected chi connectivity index (χ0v) is 15.1. The molecular formula is C17H31ClN2O3. The van der Waals surface area contributed by atoms with Gasteiger partial charge in [-0.05, 0) is 25.7 Å². The van der Waals surface area contributed by atoms with Crippen molar-refractivity contribution in [3.05, 3.63) is 0 Å². The summed E-state index contributed by atoms with van der Waals surface area (Å²) in [5.74, 6) is 0.103. The third kappa shape index (κ3) is 3.13. The zero-order chi connectivity index (χ0) is 15.8. The Morgan fingerprint density at radius 3 is 2.65 bits per heavy atom. The number of hydrogen-bond donors (Lipinski definition) is 2. The highest BCUT2D eigenvalue weighted by molar-refractivity contribution is 5.89.